The molecule has 14 heteroatoms. The number of hydrazine groups is 1. The highest BCUT2D eigenvalue weighted by molar-refractivity contribution is 8.45. The van der Waals surface area contributed by atoms with Crippen LogP contribution in [0.2, 0.25) is 0 Å². The molecule has 4 heterocycles. The molecular weight excluding hydrogens is 547 g/mol. The molecular formula is C24H21F5N6OS2. The normalized spacial score (nSPS) is 19.1. The maximum Gasteiger partial charge on any atom is 0.310 e. The van der Waals surface area contributed by atoms with Crippen molar-refractivity contribution in [3.63, 3.8) is 0 Å². The summed E-state index contributed by atoms with van der Waals surface area (Å²) in [6.45, 7) is 3.35. The van der Waals surface area contributed by atoms with E-state index >= 15 is 0 Å². The zero-order valence-corrected chi connectivity index (χ0v) is 21.5. The molecule has 0 aliphatic carbocycles. The number of rotatable bonds is 4. The molecule has 7 nitrogen and oxygen atoms in total. The number of anilines is 1. The summed E-state index contributed by atoms with van der Waals surface area (Å²) >= 11 is 1.37. The predicted molar refractivity (Wildman–Crippen MR) is 140 cm³/mol. The van der Waals surface area contributed by atoms with Crippen molar-refractivity contribution in [3.8, 4) is 5.69 Å². The van der Waals surface area contributed by atoms with E-state index in [0.29, 0.717) is 55.7 Å². The predicted octanol–water partition coefficient (Wildman–Crippen LogP) is 6.95. The quantitative estimate of drug-likeness (QED) is 0.249. The molecule has 0 radical (unpaired) electrons. The number of hydrogen-bond acceptors (Lipinski definition) is 7. The van der Waals surface area contributed by atoms with Gasteiger partial charge in [-0.2, -0.15) is 4.37 Å². The van der Waals surface area contributed by atoms with E-state index in [1.165, 1.54) is 11.5 Å². The second kappa shape index (κ2) is 7.93. The minimum atomic E-state index is -9.74. The number of aliphatic imine (C=N–C) groups is 1. The van der Waals surface area contributed by atoms with E-state index in [-0.39, 0.29) is 0 Å². The maximum atomic E-state index is 13.2. The second-order valence-electron chi connectivity index (χ2n) is 8.94. The highest BCUT2D eigenvalue weighted by Crippen LogP contribution is 3.02. The molecule has 0 unspecified atom stereocenters. The fourth-order valence-electron chi connectivity index (χ4n) is 4.54. The van der Waals surface area contributed by atoms with Gasteiger partial charge in [0.15, 0.2) is 11.6 Å². The summed E-state index contributed by atoms with van der Waals surface area (Å²) in [6.07, 6.45) is 7.34. The van der Waals surface area contributed by atoms with E-state index in [2.05, 4.69) is 14.3 Å². The first-order chi connectivity index (χ1) is 17.9. The molecule has 0 N–H and O–H groups in total. The van der Waals surface area contributed by atoms with Crippen LogP contribution >= 0.6 is 21.8 Å². The number of benzene rings is 2. The largest absolute Gasteiger partial charge is 0.488 e. The van der Waals surface area contributed by atoms with E-state index in [4.69, 9.17) is 4.74 Å². The van der Waals surface area contributed by atoms with Gasteiger partial charge in [0, 0.05) is 17.8 Å². The van der Waals surface area contributed by atoms with Crippen LogP contribution in [0.25, 0.3) is 21.8 Å². The number of ether oxygens (including phenoxy) is 1. The van der Waals surface area contributed by atoms with Crippen molar-refractivity contribution in [1.82, 2.24) is 18.9 Å². The summed E-state index contributed by atoms with van der Waals surface area (Å²) < 4.78 is 79.2. The maximum absolute atomic E-state index is 13.2. The van der Waals surface area contributed by atoms with Crippen LogP contribution in [-0.2, 0) is 4.74 Å². The van der Waals surface area contributed by atoms with Gasteiger partial charge in [-0.25, -0.2) is 4.98 Å². The van der Waals surface area contributed by atoms with Gasteiger partial charge >= 0.3 is 10.2 Å². The van der Waals surface area contributed by atoms with Gasteiger partial charge < -0.3 is 9.30 Å². The van der Waals surface area contributed by atoms with Crippen LogP contribution < -0.4 is 5.01 Å². The minimum Gasteiger partial charge on any atom is -0.488 e. The van der Waals surface area contributed by atoms with E-state index in [1.54, 1.807) is 22.5 Å². The number of nitrogens with zero attached hydrogens (tertiary/aromatic N) is 6. The number of aromatic nitrogens is 3. The van der Waals surface area contributed by atoms with Crippen molar-refractivity contribution in [2.24, 2.45) is 4.99 Å². The molecule has 0 spiro atoms. The molecule has 2 aliphatic heterocycles. The Morgan fingerprint density at radius 2 is 1.79 bits per heavy atom. The SMILES string of the molecule is Cc1cn(-c2ccc(C=C3OCCN4C3=NCCN4c3ccc(S(F)(F)(F)(F)F)cc3)c3cnsc23)cn1. The van der Waals surface area contributed by atoms with Gasteiger partial charge in [-0.15, -0.1) is 0 Å². The summed E-state index contributed by atoms with van der Waals surface area (Å²) in [5.74, 6) is 1.02. The minimum absolute atomic E-state index is 0.308. The summed E-state index contributed by atoms with van der Waals surface area (Å²) in [6, 6.07) is 6.92. The summed E-state index contributed by atoms with van der Waals surface area (Å²) in [4.78, 5) is 6.99. The molecule has 1 fully saturated rings. The third kappa shape index (κ3) is 4.47. The first-order valence-corrected chi connectivity index (χ1v) is 14.3. The van der Waals surface area contributed by atoms with Crippen molar-refractivity contribution < 1.29 is 24.2 Å². The molecule has 0 amide bonds. The Balaban J connectivity index is 1.33. The standard InChI is InChI=1S/C24H21F5N6OS2/c1-16-14-33(15-31-16)21-7-2-17(20-13-32-37-23(20)21)12-22-24-30-8-9-34(35(24)10-11-36-22)18-3-5-19(6-4-18)38(25,26,27,28)29/h2-7,12-15H,8-11H2,1H3. The first kappa shape index (κ1) is 24.7. The highest BCUT2D eigenvalue weighted by atomic mass is 32.5. The Labute approximate surface area is 218 Å². The lowest BCUT2D eigenvalue weighted by Gasteiger charge is -2.44. The molecule has 6 rings (SSSR count). The smallest absolute Gasteiger partial charge is 0.310 e. The fraction of sp³-hybridized carbons (Fsp3) is 0.208. The Morgan fingerprint density at radius 1 is 1.00 bits per heavy atom. The first-order valence-electron chi connectivity index (χ1n) is 11.5. The van der Waals surface area contributed by atoms with Crippen molar-refractivity contribution >= 4 is 49.4 Å². The number of fused-ring (bicyclic) bond motifs is 2. The van der Waals surface area contributed by atoms with Crippen LogP contribution in [-0.4, -0.2) is 51.0 Å². The van der Waals surface area contributed by atoms with Crippen LogP contribution in [0.5, 0.6) is 0 Å². The van der Waals surface area contributed by atoms with Gasteiger partial charge in [0.2, 0.25) is 0 Å². The Hall–Kier alpha value is -3.65. The Bertz CT molecular complexity index is 1610. The molecule has 38 heavy (non-hydrogen) atoms. The van der Waals surface area contributed by atoms with Crippen LogP contribution in [0.4, 0.5) is 25.1 Å². The third-order valence-electron chi connectivity index (χ3n) is 6.28. The van der Waals surface area contributed by atoms with Crippen molar-refractivity contribution in [3.05, 3.63) is 72.1 Å². The lowest BCUT2D eigenvalue weighted by molar-refractivity contribution is 0.160. The van der Waals surface area contributed by atoms with Gasteiger partial charge in [-0.05, 0) is 60.4 Å². The summed E-state index contributed by atoms with van der Waals surface area (Å²) in [5.41, 5.74) is 3.07. The van der Waals surface area contributed by atoms with E-state index in [1.807, 2.05) is 35.9 Å². The van der Waals surface area contributed by atoms with Gasteiger partial charge in [0.05, 0.1) is 47.7 Å². The van der Waals surface area contributed by atoms with Gasteiger partial charge in [0.1, 0.15) is 11.5 Å². The topological polar surface area (TPSA) is 58.8 Å². The van der Waals surface area contributed by atoms with Gasteiger partial charge in [-0.3, -0.25) is 15.0 Å². The van der Waals surface area contributed by atoms with Crippen LogP contribution in [0.15, 0.2) is 70.8 Å². The van der Waals surface area contributed by atoms with Gasteiger partial charge in [0.25, 0.3) is 0 Å². The van der Waals surface area contributed by atoms with E-state index in [0.717, 1.165) is 39.2 Å². The molecule has 2 aromatic heterocycles. The number of morpholine rings is 1. The number of hydrogen-bond donors (Lipinski definition) is 0. The number of imidazole rings is 1. The van der Waals surface area contributed by atoms with Crippen molar-refractivity contribution in [1.29, 1.82) is 0 Å². The van der Waals surface area contributed by atoms with Crippen molar-refractivity contribution in [2.75, 3.05) is 31.3 Å². The summed E-state index contributed by atoms with van der Waals surface area (Å²) in [7, 11) is -9.74. The molecule has 1 saturated heterocycles. The van der Waals surface area contributed by atoms with E-state index in [9.17, 15) is 19.4 Å². The lowest BCUT2D eigenvalue weighted by atomic mass is 10.1. The monoisotopic (exact) mass is 568 g/mol. The highest BCUT2D eigenvalue weighted by Gasteiger charge is 2.65. The zero-order valence-electron chi connectivity index (χ0n) is 19.9. The third-order valence-corrected chi connectivity index (χ3v) is 8.27. The molecule has 0 atom stereocenters. The molecule has 2 aromatic carbocycles. The van der Waals surface area contributed by atoms with Crippen LogP contribution in [0.3, 0.4) is 0 Å². The Morgan fingerprint density at radius 3 is 2.50 bits per heavy atom. The van der Waals surface area contributed by atoms with Gasteiger partial charge in [-0.1, -0.05) is 25.5 Å². The Kier molecular flexibility index (Phi) is 5.15. The molecule has 2 aliphatic rings. The number of aryl methyl sites for hydroxylation is 1. The molecule has 4 aromatic rings. The average molecular weight is 569 g/mol. The zero-order chi connectivity index (χ0) is 26.8. The van der Waals surface area contributed by atoms with Crippen molar-refractivity contribution in [2.45, 2.75) is 11.8 Å². The average Bonchev–Trinajstić information content (AvgIpc) is 3.53. The lowest BCUT2D eigenvalue weighted by Crippen LogP contribution is -2.55. The van der Waals surface area contributed by atoms with E-state index < -0.39 is 15.1 Å². The molecule has 0 bridgehead atoms. The molecule has 0 saturated carbocycles. The number of amidine groups is 1. The molecule has 200 valence electrons. The summed E-state index contributed by atoms with van der Waals surface area (Å²) in [5, 5.41) is 4.46. The van der Waals surface area contributed by atoms with Crippen LogP contribution in [0.1, 0.15) is 11.3 Å². The number of halogens is 5. The fourth-order valence-corrected chi connectivity index (χ4v) is 5.99. The van der Waals surface area contributed by atoms with Crippen LogP contribution in [0, 0.1) is 6.92 Å². The second-order valence-corrected chi connectivity index (χ2v) is 12.1.